The predicted molar refractivity (Wildman–Crippen MR) is 47.4 cm³/mol. The normalized spacial score (nSPS) is 9.69. The number of carbonyl (C=O) groups excluding carboxylic acids is 2. The van der Waals surface area contributed by atoms with Gasteiger partial charge in [-0.1, -0.05) is 13.3 Å². The van der Waals surface area contributed by atoms with Gasteiger partial charge >= 0.3 is 5.97 Å². The molecule has 0 radical (unpaired) electrons. The molecule has 0 saturated carbocycles. The number of esters is 1. The number of ketones is 1. The molecule has 0 aromatic heterocycles. The lowest BCUT2D eigenvalue weighted by molar-refractivity contribution is -0.146. The summed E-state index contributed by atoms with van der Waals surface area (Å²) >= 11 is 0. The number of ether oxygens (including phenoxy) is 2. The predicted octanol–water partition coefficient (Wildman–Crippen LogP) is 0.935. The molecule has 4 heteroatoms. The molecule has 0 atom stereocenters. The van der Waals surface area contributed by atoms with Gasteiger partial charge < -0.3 is 9.47 Å². The van der Waals surface area contributed by atoms with Crippen molar-refractivity contribution in [3.8, 4) is 0 Å². The molecule has 76 valence electrons. The maximum absolute atomic E-state index is 10.9. The van der Waals surface area contributed by atoms with Gasteiger partial charge in [-0.15, -0.1) is 0 Å². The molecule has 0 heterocycles. The van der Waals surface area contributed by atoms with E-state index in [1.54, 1.807) is 0 Å². The summed E-state index contributed by atoms with van der Waals surface area (Å²) in [5, 5.41) is 0. The third kappa shape index (κ3) is 7.46. The number of Topliss-reactive ketones (excluding diaryl/α,β-unsaturated/α-hetero) is 1. The second-order valence-electron chi connectivity index (χ2n) is 2.72. The molecule has 0 bridgehead atoms. The number of hydrogen-bond acceptors (Lipinski definition) is 4. The van der Waals surface area contributed by atoms with E-state index >= 15 is 0 Å². The highest BCUT2D eigenvalue weighted by atomic mass is 16.5. The van der Waals surface area contributed by atoms with E-state index in [4.69, 9.17) is 4.74 Å². The highest BCUT2D eigenvalue weighted by Crippen LogP contribution is 1.93. The Balaban J connectivity index is 3.44. The molecule has 0 aromatic carbocycles. The Labute approximate surface area is 78.2 Å². The summed E-state index contributed by atoms with van der Waals surface area (Å²) in [6, 6.07) is 0. The highest BCUT2D eigenvalue weighted by molar-refractivity contribution is 5.96. The summed E-state index contributed by atoms with van der Waals surface area (Å²) in [6.07, 6.45) is 1.63. The standard InChI is InChI=1S/C9H16O4/c1-3-4-5-13-9(11)6-8(10)7-12-2/h3-7H2,1-2H3. The zero-order valence-corrected chi connectivity index (χ0v) is 8.17. The Kier molecular flexibility index (Phi) is 7.20. The molecule has 0 N–H and O–H groups in total. The van der Waals surface area contributed by atoms with Gasteiger partial charge in [0.05, 0.1) is 6.61 Å². The Bertz CT molecular complexity index is 165. The lowest BCUT2D eigenvalue weighted by atomic mass is 10.3. The molecule has 0 aliphatic carbocycles. The highest BCUT2D eigenvalue weighted by Gasteiger charge is 2.09. The van der Waals surface area contributed by atoms with E-state index in [0.29, 0.717) is 6.61 Å². The summed E-state index contributed by atoms with van der Waals surface area (Å²) in [4.78, 5) is 21.8. The fourth-order valence-corrected chi connectivity index (χ4v) is 0.754. The zero-order chi connectivity index (χ0) is 10.1. The molecule has 0 fully saturated rings. The molecular weight excluding hydrogens is 172 g/mol. The zero-order valence-electron chi connectivity index (χ0n) is 8.17. The van der Waals surface area contributed by atoms with Crippen molar-refractivity contribution in [3.63, 3.8) is 0 Å². The minimum absolute atomic E-state index is 0.0249. The number of unbranched alkanes of at least 4 members (excludes halogenated alkanes) is 1. The van der Waals surface area contributed by atoms with Crippen molar-refractivity contribution in [3.05, 3.63) is 0 Å². The summed E-state index contributed by atoms with van der Waals surface area (Å²) in [5.41, 5.74) is 0. The monoisotopic (exact) mass is 188 g/mol. The summed E-state index contributed by atoms with van der Waals surface area (Å²) < 4.78 is 9.36. The molecule has 13 heavy (non-hydrogen) atoms. The number of rotatable bonds is 7. The number of hydrogen-bond donors (Lipinski definition) is 0. The molecule has 4 nitrogen and oxygen atoms in total. The maximum atomic E-state index is 10.9. The average molecular weight is 188 g/mol. The minimum Gasteiger partial charge on any atom is -0.465 e. The summed E-state index contributed by atoms with van der Waals surface area (Å²) in [5.74, 6) is -0.709. The van der Waals surface area contributed by atoms with Crippen LogP contribution < -0.4 is 0 Å². The van der Waals surface area contributed by atoms with Gasteiger partial charge in [0.2, 0.25) is 0 Å². The second kappa shape index (κ2) is 7.73. The van der Waals surface area contributed by atoms with Crippen molar-refractivity contribution in [1.29, 1.82) is 0 Å². The first-order valence-corrected chi connectivity index (χ1v) is 4.37. The van der Waals surface area contributed by atoms with E-state index in [0.717, 1.165) is 12.8 Å². The van der Waals surface area contributed by atoms with Crippen LogP contribution >= 0.6 is 0 Å². The molecule has 0 aromatic rings. The SMILES string of the molecule is CCCCOC(=O)CC(=O)COC. The van der Waals surface area contributed by atoms with Gasteiger partial charge in [0.1, 0.15) is 13.0 Å². The van der Waals surface area contributed by atoms with Crippen molar-refractivity contribution in [2.45, 2.75) is 26.2 Å². The lowest BCUT2D eigenvalue weighted by Gasteiger charge is -2.02. The first kappa shape index (κ1) is 12.1. The van der Waals surface area contributed by atoms with Crippen LogP contribution in [0.1, 0.15) is 26.2 Å². The van der Waals surface area contributed by atoms with E-state index in [1.807, 2.05) is 6.92 Å². The minimum atomic E-state index is -0.462. The number of methoxy groups -OCH3 is 1. The maximum Gasteiger partial charge on any atom is 0.313 e. The molecule has 0 spiro atoms. The molecule has 0 aliphatic rings. The topological polar surface area (TPSA) is 52.6 Å². The molecule has 0 rings (SSSR count). The Morgan fingerprint density at radius 1 is 1.31 bits per heavy atom. The van der Waals surface area contributed by atoms with E-state index < -0.39 is 5.97 Å². The first-order chi connectivity index (χ1) is 6.20. The van der Waals surface area contributed by atoms with E-state index in [-0.39, 0.29) is 18.8 Å². The van der Waals surface area contributed by atoms with Crippen LogP contribution in [0.3, 0.4) is 0 Å². The van der Waals surface area contributed by atoms with E-state index in [2.05, 4.69) is 4.74 Å². The fourth-order valence-electron chi connectivity index (χ4n) is 0.754. The van der Waals surface area contributed by atoms with Gasteiger partial charge in [0.25, 0.3) is 0 Å². The van der Waals surface area contributed by atoms with Crippen LogP contribution in [0.15, 0.2) is 0 Å². The Hall–Kier alpha value is -0.900. The first-order valence-electron chi connectivity index (χ1n) is 4.37. The van der Waals surface area contributed by atoms with Crippen molar-refractivity contribution >= 4 is 11.8 Å². The summed E-state index contributed by atoms with van der Waals surface area (Å²) in [6.45, 7) is 2.38. The van der Waals surface area contributed by atoms with E-state index in [1.165, 1.54) is 7.11 Å². The molecular formula is C9H16O4. The van der Waals surface area contributed by atoms with Gasteiger partial charge in [0.15, 0.2) is 5.78 Å². The second-order valence-corrected chi connectivity index (χ2v) is 2.72. The fraction of sp³-hybridized carbons (Fsp3) is 0.778. The van der Waals surface area contributed by atoms with Gasteiger partial charge in [-0.25, -0.2) is 0 Å². The van der Waals surface area contributed by atoms with Crippen molar-refractivity contribution < 1.29 is 19.1 Å². The van der Waals surface area contributed by atoms with Gasteiger partial charge in [-0.3, -0.25) is 9.59 Å². The van der Waals surface area contributed by atoms with Gasteiger partial charge in [-0.05, 0) is 6.42 Å². The van der Waals surface area contributed by atoms with Crippen LogP contribution in [-0.2, 0) is 19.1 Å². The van der Waals surface area contributed by atoms with Crippen LogP contribution in [0.4, 0.5) is 0 Å². The molecule has 0 unspecified atom stereocenters. The quantitative estimate of drug-likeness (QED) is 0.339. The Morgan fingerprint density at radius 2 is 2.00 bits per heavy atom. The molecule has 0 aliphatic heterocycles. The van der Waals surface area contributed by atoms with Crippen LogP contribution in [-0.4, -0.2) is 32.1 Å². The third-order valence-electron chi connectivity index (χ3n) is 1.41. The molecule has 0 saturated heterocycles. The Morgan fingerprint density at radius 3 is 2.54 bits per heavy atom. The average Bonchev–Trinajstić information content (AvgIpc) is 2.05. The van der Waals surface area contributed by atoms with Crippen molar-refractivity contribution in [1.82, 2.24) is 0 Å². The van der Waals surface area contributed by atoms with Gasteiger partial charge in [0, 0.05) is 7.11 Å². The van der Waals surface area contributed by atoms with Crippen molar-refractivity contribution in [2.24, 2.45) is 0 Å². The third-order valence-corrected chi connectivity index (χ3v) is 1.41. The number of carbonyl (C=O) groups is 2. The summed E-state index contributed by atoms with van der Waals surface area (Å²) in [7, 11) is 1.42. The van der Waals surface area contributed by atoms with Gasteiger partial charge in [-0.2, -0.15) is 0 Å². The van der Waals surface area contributed by atoms with E-state index in [9.17, 15) is 9.59 Å². The van der Waals surface area contributed by atoms with Crippen molar-refractivity contribution in [2.75, 3.05) is 20.3 Å². The van der Waals surface area contributed by atoms with Crippen LogP contribution in [0, 0.1) is 0 Å². The van der Waals surface area contributed by atoms with Crippen LogP contribution in [0.25, 0.3) is 0 Å². The lowest BCUT2D eigenvalue weighted by Crippen LogP contribution is -2.15. The largest absolute Gasteiger partial charge is 0.465 e. The smallest absolute Gasteiger partial charge is 0.313 e. The molecule has 0 amide bonds. The van der Waals surface area contributed by atoms with Crippen LogP contribution in [0.2, 0.25) is 0 Å². The van der Waals surface area contributed by atoms with Crippen LogP contribution in [0.5, 0.6) is 0 Å².